The standard InChI is InChI=1S/C18H24FN5O3S/c1-13-11-17(24-9-3-4-10-24)23-18(22-13)20-7-8-21-28(25,26)14-5-6-16(27-2)15(19)12-14/h5-6,11-12,21H,3-4,7-10H2,1-2H3,(H,20,22,23). The minimum atomic E-state index is -3.83. The van der Waals surface area contributed by atoms with Crippen LogP contribution in [0.4, 0.5) is 16.2 Å². The van der Waals surface area contributed by atoms with E-state index in [0.717, 1.165) is 43.5 Å². The van der Waals surface area contributed by atoms with E-state index in [4.69, 9.17) is 4.74 Å². The van der Waals surface area contributed by atoms with Crippen LogP contribution in [0.25, 0.3) is 0 Å². The predicted molar refractivity (Wildman–Crippen MR) is 105 cm³/mol. The van der Waals surface area contributed by atoms with E-state index in [2.05, 4.69) is 24.9 Å². The minimum Gasteiger partial charge on any atom is -0.494 e. The molecule has 28 heavy (non-hydrogen) atoms. The van der Waals surface area contributed by atoms with Crippen LogP contribution in [-0.4, -0.2) is 51.7 Å². The third kappa shape index (κ3) is 4.87. The van der Waals surface area contributed by atoms with E-state index in [0.29, 0.717) is 12.5 Å². The Morgan fingerprint density at radius 3 is 2.61 bits per heavy atom. The monoisotopic (exact) mass is 409 g/mol. The van der Waals surface area contributed by atoms with Crippen LogP contribution < -0.4 is 19.7 Å². The van der Waals surface area contributed by atoms with Gasteiger partial charge in [-0.2, -0.15) is 4.98 Å². The number of benzene rings is 1. The van der Waals surface area contributed by atoms with Crippen molar-refractivity contribution in [2.24, 2.45) is 0 Å². The second kappa shape index (κ2) is 8.70. The van der Waals surface area contributed by atoms with E-state index in [1.54, 1.807) is 0 Å². The fourth-order valence-electron chi connectivity index (χ4n) is 3.00. The highest BCUT2D eigenvalue weighted by molar-refractivity contribution is 7.89. The molecule has 0 radical (unpaired) electrons. The molecule has 0 atom stereocenters. The first kappa shape index (κ1) is 20.3. The van der Waals surface area contributed by atoms with E-state index < -0.39 is 15.8 Å². The fourth-order valence-corrected chi connectivity index (χ4v) is 4.04. The van der Waals surface area contributed by atoms with E-state index >= 15 is 0 Å². The van der Waals surface area contributed by atoms with Crippen molar-refractivity contribution in [2.75, 3.05) is 43.5 Å². The topological polar surface area (TPSA) is 96.5 Å². The number of rotatable bonds is 8. The van der Waals surface area contributed by atoms with Crippen LogP contribution in [0.2, 0.25) is 0 Å². The maximum Gasteiger partial charge on any atom is 0.240 e. The molecule has 0 aliphatic carbocycles. The van der Waals surface area contributed by atoms with Crippen LogP contribution in [0.3, 0.4) is 0 Å². The van der Waals surface area contributed by atoms with Crippen molar-refractivity contribution >= 4 is 21.8 Å². The molecule has 0 saturated carbocycles. The summed E-state index contributed by atoms with van der Waals surface area (Å²) in [6, 6.07) is 5.45. The number of nitrogens with one attached hydrogen (secondary N) is 2. The number of aryl methyl sites for hydroxylation is 1. The van der Waals surface area contributed by atoms with Gasteiger partial charge in [-0.15, -0.1) is 0 Å². The van der Waals surface area contributed by atoms with Crippen LogP contribution >= 0.6 is 0 Å². The van der Waals surface area contributed by atoms with Gasteiger partial charge >= 0.3 is 0 Å². The summed E-state index contributed by atoms with van der Waals surface area (Å²) in [6.45, 7) is 4.25. The van der Waals surface area contributed by atoms with Crippen molar-refractivity contribution in [1.82, 2.24) is 14.7 Å². The quantitative estimate of drug-likeness (QED) is 0.643. The summed E-state index contributed by atoms with van der Waals surface area (Å²) in [5, 5.41) is 3.03. The Morgan fingerprint density at radius 2 is 1.93 bits per heavy atom. The van der Waals surface area contributed by atoms with Gasteiger partial charge in [0.2, 0.25) is 16.0 Å². The number of aromatic nitrogens is 2. The number of nitrogens with zero attached hydrogens (tertiary/aromatic N) is 3. The molecule has 3 rings (SSSR count). The number of anilines is 2. The summed E-state index contributed by atoms with van der Waals surface area (Å²) < 4.78 is 45.6. The first-order chi connectivity index (χ1) is 13.4. The Kier molecular flexibility index (Phi) is 6.30. The van der Waals surface area contributed by atoms with Crippen LogP contribution in [0.15, 0.2) is 29.2 Å². The Hall–Kier alpha value is -2.46. The smallest absolute Gasteiger partial charge is 0.240 e. The maximum atomic E-state index is 13.7. The molecular weight excluding hydrogens is 385 g/mol. The molecule has 1 aliphatic rings. The zero-order chi connectivity index (χ0) is 20.1. The lowest BCUT2D eigenvalue weighted by molar-refractivity contribution is 0.385. The third-order valence-electron chi connectivity index (χ3n) is 4.40. The van der Waals surface area contributed by atoms with E-state index in [-0.39, 0.29) is 17.2 Å². The molecule has 1 aliphatic heterocycles. The lowest BCUT2D eigenvalue weighted by Crippen LogP contribution is -2.29. The van der Waals surface area contributed by atoms with Gasteiger partial charge in [-0.3, -0.25) is 0 Å². The van der Waals surface area contributed by atoms with Crippen LogP contribution in [0.5, 0.6) is 5.75 Å². The summed E-state index contributed by atoms with van der Waals surface area (Å²) in [7, 11) is -2.51. The number of halogens is 1. The zero-order valence-electron chi connectivity index (χ0n) is 15.9. The number of hydrogen-bond donors (Lipinski definition) is 2. The zero-order valence-corrected chi connectivity index (χ0v) is 16.7. The first-order valence-corrected chi connectivity index (χ1v) is 10.5. The molecule has 0 spiro atoms. The van der Waals surface area contributed by atoms with Crippen molar-refractivity contribution in [1.29, 1.82) is 0 Å². The third-order valence-corrected chi connectivity index (χ3v) is 5.86. The van der Waals surface area contributed by atoms with Gasteiger partial charge in [0.1, 0.15) is 5.82 Å². The van der Waals surface area contributed by atoms with Gasteiger partial charge in [0.05, 0.1) is 12.0 Å². The molecule has 1 aromatic carbocycles. The van der Waals surface area contributed by atoms with Crippen molar-refractivity contribution in [3.05, 3.63) is 35.8 Å². The molecule has 8 nitrogen and oxygen atoms in total. The largest absolute Gasteiger partial charge is 0.494 e. The first-order valence-electron chi connectivity index (χ1n) is 9.07. The van der Waals surface area contributed by atoms with Crippen LogP contribution in [-0.2, 0) is 10.0 Å². The van der Waals surface area contributed by atoms with Gasteiger partial charge in [0, 0.05) is 37.9 Å². The average molecular weight is 409 g/mol. The Labute approximate surface area is 164 Å². The molecule has 1 saturated heterocycles. The second-order valence-electron chi connectivity index (χ2n) is 6.51. The molecule has 1 aromatic heterocycles. The van der Waals surface area contributed by atoms with E-state index in [9.17, 15) is 12.8 Å². The Bertz CT molecular complexity index is 933. The minimum absolute atomic E-state index is 0.00832. The predicted octanol–water partition coefficient (Wildman–Crippen LogP) is 1.92. The molecule has 10 heteroatoms. The average Bonchev–Trinajstić information content (AvgIpc) is 3.19. The summed E-state index contributed by atoms with van der Waals surface area (Å²) in [6.07, 6.45) is 2.30. The van der Waals surface area contributed by atoms with Gasteiger partial charge in [-0.05, 0) is 38.0 Å². The van der Waals surface area contributed by atoms with Crippen molar-refractivity contribution in [3.63, 3.8) is 0 Å². The molecule has 152 valence electrons. The molecule has 2 N–H and O–H groups in total. The number of sulfonamides is 1. The summed E-state index contributed by atoms with van der Waals surface area (Å²) in [5.74, 6) is 0.593. The number of hydrogen-bond acceptors (Lipinski definition) is 7. The fraction of sp³-hybridized carbons (Fsp3) is 0.444. The molecule has 2 heterocycles. The molecular formula is C18H24FN5O3S. The summed E-state index contributed by atoms with van der Waals surface area (Å²) >= 11 is 0. The SMILES string of the molecule is COc1ccc(S(=O)(=O)NCCNc2nc(C)cc(N3CCCC3)n2)cc1F. The number of methoxy groups -OCH3 is 1. The lowest BCUT2D eigenvalue weighted by atomic mass is 10.3. The van der Waals surface area contributed by atoms with Crippen molar-refractivity contribution in [2.45, 2.75) is 24.7 Å². The van der Waals surface area contributed by atoms with Crippen LogP contribution in [0, 0.1) is 12.7 Å². The Balaban J connectivity index is 1.57. The highest BCUT2D eigenvalue weighted by Gasteiger charge is 2.17. The van der Waals surface area contributed by atoms with Crippen LogP contribution in [0.1, 0.15) is 18.5 Å². The highest BCUT2D eigenvalue weighted by Crippen LogP contribution is 2.21. The van der Waals surface area contributed by atoms with E-state index in [1.165, 1.54) is 19.2 Å². The molecule has 0 unspecified atom stereocenters. The van der Waals surface area contributed by atoms with Crippen molar-refractivity contribution < 1.29 is 17.5 Å². The maximum absolute atomic E-state index is 13.7. The molecule has 1 fully saturated rings. The molecule has 0 amide bonds. The van der Waals surface area contributed by atoms with Gasteiger partial charge in [0.25, 0.3) is 0 Å². The van der Waals surface area contributed by atoms with Gasteiger partial charge < -0.3 is 15.0 Å². The Morgan fingerprint density at radius 1 is 1.18 bits per heavy atom. The second-order valence-corrected chi connectivity index (χ2v) is 8.27. The normalized spacial score (nSPS) is 14.3. The van der Waals surface area contributed by atoms with Gasteiger partial charge in [-0.1, -0.05) is 0 Å². The highest BCUT2D eigenvalue weighted by atomic mass is 32.2. The summed E-state index contributed by atoms with van der Waals surface area (Å²) in [5.41, 5.74) is 0.841. The molecule has 2 aromatic rings. The van der Waals surface area contributed by atoms with Gasteiger partial charge in [-0.25, -0.2) is 22.5 Å². The van der Waals surface area contributed by atoms with E-state index in [1.807, 2.05) is 13.0 Å². The van der Waals surface area contributed by atoms with Crippen molar-refractivity contribution in [3.8, 4) is 5.75 Å². The van der Waals surface area contributed by atoms with Gasteiger partial charge in [0.15, 0.2) is 11.6 Å². The molecule has 0 bridgehead atoms. The summed E-state index contributed by atoms with van der Waals surface area (Å²) in [4.78, 5) is 10.9. The number of ether oxygens (including phenoxy) is 1. The lowest BCUT2D eigenvalue weighted by Gasteiger charge is -2.17.